The quantitative estimate of drug-likeness (QED) is 0.533. The molecule has 5 nitrogen and oxygen atoms in total. The van der Waals surface area contributed by atoms with Crippen molar-refractivity contribution < 1.29 is 13.2 Å². The Hall–Kier alpha value is -2.67. The smallest absolute Gasteiger partial charge is 0.243 e. The van der Waals surface area contributed by atoms with Gasteiger partial charge in [0.1, 0.15) is 0 Å². The first-order valence-corrected chi connectivity index (χ1v) is 11.7. The van der Waals surface area contributed by atoms with Gasteiger partial charge in [0.25, 0.3) is 0 Å². The Morgan fingerprint density at radius 1 is 0.968 bits per heavy atom. The molecule has 0 spiro atoms. The van der Waals surface area contributed by atoms with Crippen LogP contribution in [0, 0.1) is 6.92 Å². The van der Waals surface area contributed by atoms with Gasteiger partial charge in [0.15, 0.2) is 0 Å². The molecule has 31 heavy (non-hydrogen) atoms. The third-order valence-electron chi connectivity index (χ3n) is 5.06. The average Bonchev–Trinajstić information content (AvgIpc) is 2.75. The largest absolute Gasteiger partial charge is 0.348 e. The SMILES string of the molecule is Cc1ccccc1CN(CC(=O)NC(C)c1ccccc1)S(=O)(=O)c1ccc(Cl)cc1. The zero-order valence-electron chi connectivity index (χ0n) is 17.5. The summed E-state index contributed by atoms with van der Waals surface area (Å²) in [6, 6.07) is 22.8. The Morgan fingerprint density at radius 3 is 2.23 bits per heavy atom. The molecule has 7 heteroatoms. The predicted molar refractivity (Wildman–Crippen MR) is 123 cm³/mol. The number of amides is 1. The van der Waals surface area contributed by atoms with Gasteiger partial charge in [-0.15, -0.1) is 0 Å². The molecule has 0 aromatic heterocycles. The summed E-state index contributed by atoms with van der Waals surface area (Å²) in [6.45, 7) is 3.58. The van der Waals surface area contributed by atoms with E-state index in [1.54, 1.807) is 0 Å². The van der Waals surface area contributed by atoms with Crippen molar-refractivity contribution in [2.45, 2.75) is 31.3 Å². The molecule has 162 valence electrons. The van der Waals surface area contributed by atoms with E-state index in [2.05, 4.69) is 5.32 Å². The van der Waals surface area contributed by atoms with E-state index in [0.29, 0.717) is 5.02 Å². The van der Waals surface area contributed by atoms with Crippen molar-refractivity contribution in [2.24, 2.45) is 0 Å². The van der Waals surface area contributed by atoms with Crippen LogP contribution in [0.3, 0.4) is 0 Å². The number of rotatable bonds is 8. The second-order valence-electron chi connectivity index (χ2n) is 7.35. The summed E-state index contributed by atoms with van der Waals surface area (Å²) in [5.74, 6) is -0.373. The Kier molecular flexibility index (Phi) is 7.49. The number of hydrogen-bond acceptors (Lipinski definition) is 3. The van der Waals surface area contributed by atoms with Crippen molar-refractivity contribution in [3.05, 3.63) is 101 Å². The van der Waals surface area contributed by atoms with Crippen LogP contribution in [0.25, 0.3) is 0 Å². The van der Waals surface area contributed by atoms with Gasteiger partial charge in [0.2, 0.25) is 15.9 Å². The normalized spacial score (nSPS) is 12.5. The lowest BCUT2D eigenvalue weighted by Gasteiger charge is -2.24. The van der Waals surface area contributed by atoms with E-state index < -0.39 is 10.0 Å². The zero-order chi connectivity index (χ0) is 22.4. The van der Waals surface area contributed by atoms with Gasteiger partial charge in [0.05, 0.1) is 17.5 Å². The molecule has 0 saturated carbocycles. The summed E-state index contributed by atoms with van der Waals surface area (Å²) < 4.78 is 27.9. The van der Waals surface area contributed by atoms with Crippen molar-refractivity contribution in [1.82, 2.24) is 9.62 Å². The lowest BCUT2D eigenvalue weighted by atomic mass is 10.1. The molecule has 1 N–H and O–H groups in total. The fourth-order valence-corrected chi connectivity index (χ4v) is 4.73. The molecular weight excluding hydrogens is 432 g/mol. The van der Waals surface area contributed by atoms with E-state index in [4.69, 9.17) is 11.6 Å². The number of carbonyl (C=O) groups is 1. The van der Waals surface area contributed by atoms with Crippen LogP contribution in [0.1, 0.15) is 29.7 Å². The lowest BCUT2D eigenvalue weighted by Crippen LogP contribution is -2.41. The van der Waals surface area contributed by atoms with E-state index in [0.717, 1.165) is 16.7 Å². The summed E-state index contributed by atoms with van der Waals surface area (Å²) >= 11 is 5.92. The van der Waals surface area contributed by atoms with Crippen LogP contribution in [-0.4, -0.2) is 25.2 Å². The molecule has 0 heterocycles. The first kappa shape index (κ1) is 23.0. The maximum absolute atomic E-state index is 13.4. The summed E-state index contributed by atoms with van der Waals surface area (Å²) in [5, 5.41) is 3.34. The zero-order valence-corrected chi connectivity index (χ0v) is 19.0. The number of nitrogens with zero attached hydrogens (tertiary/aromatic N) is 1. The third-order valence-corrected chi connectivity index (χ3v) is 7.11. The van der Waals surface area contributed by atoms with Crippen molar-refractivity contribution in [2.75, 3.05) is 6.54 Å². The van der Waals surface area contributed by atoms with Gasteiger partial charge in [-0.1, -0.05) is 66.2 Å². The molecule has 3 aromatic carbocycles. The van der Waals surface area contributed by atoms with Crippen molar-refractivity contribution in [3.63, 3.8) is 0 Å². The van der Waals surface area contributed by atoms with Crippen molar-refractivity contribution in [1.29, 1.82) is 0 Å². The van der Waals surface area contributed by atoms with E-state index in [1.807, 2.05) is 68.4 Å². The van der Waals surface area contributed by atoms with E-state index in [-0.39, 0.29) is 29.9 Å². The van der Waals surface area contributed by atoms with E-state index >= 15 is 0 Å². The van der Waals surface area contributed by atoms with Crippen LogP contribution in [0.15, 0.2) is 83.8 Å². The van der Waals surface area contributed by atoms with Crippen LogP contribution in [-0.2, 0) is 21.4 Å². The summed E-state index contributed by atoms with van der Waals surface area (Å²) in [7, 11) is -3.91. The molecule has 0 radical (unpaired) electrons. The van der Waals surface area contributed by atoms with Crippen LogP contribution in [0.5, 0.6) is 0 Å². The first-order chi connectivity index (χ1) is 14.8. The van der Waals surface area contributed by atoms with E-state index in [1.165, 1.54) is 28.6 Å². The van der Waals surface area contributed by atoms with Crippen LogP contribution >= 0.6 is 11.6 Å². The number of carbonyl (C=O) groups excluding carboxylic acids is 1. The molecule has 0 fully saturated rings. The number of sulfonamides is 1. The van der Waals surface area contributed by atoms with Crippen LogP contribution in [0.2, 0.25) is 5.02 Å². The number of benzene rings is 3. The molecule has 0 aliphatic rings. The Morgan fingerprint density at radius 2 is 1.58 bits per heavy atom. The Bertz CT molecular complexity index is 1130. The van der Waals surface area contributed by atoms with Crippen molar-refractivity contribution in [3.8, 4) is 0 Å². The molecule has 0 aliphatic carbocycles. The minimum absolute atomic E-state index is 0.0881. The minimum Gasteiger partial charge on any atom is -0.348 e. The molecule has 0 aliphatic heterocycles. The van der Waals surface area contributed by atoms with Gasteiger partial charge in [-0.25, -0.2) is 8.42 Å². The first-order valence-electron chi connectivity index (χ1n) is 9.92. The molecular formula is C24H25ClN2O3S. The lowest BCUT2D eigenvalue weighted by molar-refractivity contribution is -0.122. The highest BCUT2D eigenvalue weighted by Gasteiger charge is 2.27. The van der Waals surface area contributed by atoms with Crippen LogP contribution in [0.4, 0.5) is 0 Å². The summed E-state index contributed by atoms with van der Waals surface area (Å²) in [4.78, 5) is 12.9. The minimum atomic E-state index is -3.91. The molecule has 3 aromatic rings. The Balaban J connectivity index is 1.85. The number of nitrogens with one attached hydrogen (secondary N) is 1. The van der Waals surface area contributed by atoms with E-state index in [9.17, 15) is 13.2 Å². The third kappa shape index (κ3) is 5.94. The highest BCUT2D eigenvalue weighted by Crippen LogP contribution is 2.22. The summed E-state index contributed by atoms with van der Waals surface area (Å²) in [5.41, 5.74) is 2.74. The molecule has 1 amide bonds. The molecule has 0 saturated heterocycles. The number of halogens is 1. The van der Waals surface area contributed by atoms with Crippen LogP contribution < -0.4 is 5.32 Å². The predicted octanol–water partition coefficient (Wildman–Crippen LogP) is 4.72. The van der Waals surface area contributed by atoms with Gasteiger partial charge in [0, 0.05) is 11.6 Å². The molecule has 3 rings (SSSR count). The molecule has 0 bridgehead atoms. The second-order valence-corrected chi connectivity index (χ2v) is 9.73. The monoisotopic (exact) mass is 456 g/mol. The fourth-order valence-electron chi connectivity index (χ4n) is 3.23. The standard InChI is InChI=1S/C24H25ClN2O3S/c1-18-8-6-7-11-21(18)16-27(31(29,30)23-14-12-22(25)13-15-23)17-24(28)26-19(2)20-9-4-3-5-10-20/h3-15,19H,16-17H2,1-2H3,(H,26,28). The van der Waals surface area contributed by atoms with Gasteiger partial charge in [-0.05, 0) is 54.8 Å². The van der Waals surface area contributed by atoms with Crippen molar-refractivity contribution >= 4 is 27.5 Å². The summed E-state index contributed by atoms with van der Waals surface area (Å²) in [6.07, 6.45) is 0. The maximum atomic E-state index is 13.4. The highest BCUT2D eigenvalue weighted by atomic mass is 35.5. The second kappa shape index (κ2) is 10.1. The van der Waals surface area contributed by atoms with Gasteiger partial charge < -0.3 is 5.32 Å². The number of aryl methyl sites for hydroxylation is 1. The molecule has 1 unspecified atom stereocenters. The van der Waals surface area contributed by atoms with Gasteiger partial charge in [-0.3, -0.25) is 4.79 Å². The maximum Gasteiger partial charge on any atom is 0.243 e. The highest BCUT2D eigenvalue weighted by molar-refractivity contribution is 7.89. The average molecular weight is 457 g/mol. The fraction of sp³-hybridized carbons (Fsp3) is 0.208. The number of hydrogen-bond donors (Lipinski definition) is 1. The van der Waals surface area contributed by atoms with Gasteiger partial charge >= 0.3 is 0 Å². The topological polar surface area (TPSA) is 66.5 Å². The molecule has 1 atom stereocenters. The Labute approximate surface area is 188 Å². The van der Waals surface area contributed by atoms with Gasteiger partial charge in [-0.2, -0.15) is 4.31 Å².